The van der Waals surface area contributed by atoms with Crippen LogP contribution in [0, 0.1) is 6.92 Å². The number of pyridine rings is 1. The molecule has 4 rings (SSSR count). The Kier molecular flexibility index (Phi) is 6.65. The molecule has 7 heteroatoms. The Bertz CT molecular complexity index is 1060. The van der Waals surface area contributed by atoms with E-state index >= 15 is 0 Å². The number of aryl methyl sites for hydroxylation is 1. The summed E-state index contributed by atoms with van der Waals surface area (Å²) in [4.78, 5) is 24.0. The molecule has 0 saturated carbocycles. The van der Waals surface area contributed by atoms with Crippen molar-refractivity contribution in [2.24, 2.45) is 0 Å². The molecule has 1 aliphatic rings. The van der Waals surface area contributed by atoms with Gasteiger partial charge in [0.25, 0.3) is 5.56 Å². The molecule has 1 fully saturated rings. The summed E-state index contributed by atoms with van der Waals surface area (Å²) in [5.74, 6) is 1.41. The maximum absolute atomic E-state index is 13.0. The number of ether oxygens (including phenoxy) is 1. The number of fused-ring (bicyclic) bond motifs is 1. The van der Waals surface area contributed by atoms with E-state index in [-0.39, 0.29) is 10.7 Å². The Morgan fingerprint density at radius 1 is 1.10 bits per heavy atom. The highest BCUT2D eigenvalue weighted by atomic mass is 35.5. The lowest BCUT2D eigenvalue weighted by atomic mass is 10.2. The third-order valence-corrected chi connectivity index (χ3v) is 5.78. The maximum Gasteiger partial charge on any atom is 0.266 e. The van der Waals surface area contributed by atoms with Crippen LogP contribution >= 0.6 is 11.6 Å². The fourth-order valence-electron chi connectivity index (χ4n) is 4.01. The van der Waals surface area contributed by atoms with Crippen molar-refractivity contribution in [3.63, 3.8) is 0 Å². The van der Waals surface area contributed by atoms with E-state index < -0.39 is 0 Å². The van der Waals surface area contributed by atoms with E-state index in [9.17, 15) is 4.79 Å². The number of hydrogen-bond acceptors (Lipinski definition) is 5. The van der Waals surface area contributed by atoms with Crippen molar-refractivity contribution in [1.29, 1.82) is 0 Å². The zero-order valence-electron chi connectivity index (χ0n) is 17.3. The Labute approximate surface area is 181 Å². The molecule has 3 aromatic rings. The number of likely N-dealkylation sites (tertiary alicyclic amines) is 1. The molecule has 1 aromatic carbocycles. The van der Waals surface area contributed by atoms with Gasteiger partial charge in [0, 0.05) is 6.54 Å². The molecule has 0 bridgehead atoms. The zero-order valence-corrected chi connectivity index (χ0v) is 18.1. The Morgan fingerprint density at radius 2 is 1.83 bits per heavy atom. The summed E-state index contributed by atoms with van der Waals surface area (Å²) in [6, 6.07) is 9.13. The van der Waals surface area contributed by atoms with E-state index in [1.165, 1.54) is 45.0 Å². The number of benzene rings is 1. The van der Waals surface area contributed by atoms with Crippen LogP contribution in [-0.4, -0.2) is 45.7 Å². The quantitative estimate of drug-likeness (QED) is 0.432. The van der Waals surface area contributed by atoms with Gasteiger partial charge in [-0.1, -0.05) is 24.4 Å². The average Bonchev–Trinajstić information content (AvgIpc) is 3.02. The molecule has 0 N–H and O–H groups in total. The first-order chi connectivity index (χ1) is 14.6. The van der Waals surface area contributed by atoms with E-state index in [1.807, 2.05) is 31.2 Å². The van der Waals surface area contributed by atoms with Gasteiger partial charge in [-0.15, -0.1) is 0 Å². The minimum atomic E-state index is -0.159. The summed E-state index contributed by atoms with van der Waals surface area (Å²) in [6.07, 6.45) is 7.89. The van der Waals surface area contributed by atoms with Crippen molar-refractivity contribution < 1.29 is 4.74 Å². The highest BCUT2D eigenvalue weighted by molar-refractivity contribution is 6.30. The van der Waals surface area contributed by atoms with Gasteiger partial charge in [0.15, 0.2) is 0 Å². The second-order valence-electron chi connectivity index (χ2n) is 7.78. The molecule has 1 saturated heterocycles. The van der Waals surface area contributed by atoms with Gasteiger partial charge in [-0.3, -0.25) is 9.36 Å². The minimum absolute atomic E-state index is 0.159. The molecule has 0 spiro atoms. The van der Waals surface area contributed by atoms with Crippen molar-refractivity contribution >= 4 is 22.5 Å². The van der Waals surface area contributed by atoms with E-state index in [2.05, 4.69) is 14.9 Å². The first-order valence-electron chi connectivity index (χ1n) is 10.6. The van der Waals surface area contributed by atoms with Gasteiger partial charge >= 0.3 is 0 Å². The monoisotopic (exact) mass is 426 g/mol. The fourth-order valence-corrected chi connectivity index (χ4v) is 4.17. The predicted molar refractivity (Wildman–Crippen MR) is 120 cm³/mol. The SMILES string of the molecule is Cc1nc2cnc(Cl)cc2c(=O)n1-c1ccc(OCCCN2CCCCCC2)cc1. The Hall–Kier alpha value is -2.44. The normalized spacial score (nSPS) is 15.3. The summed E-state index contributed by atoms with van der Waals surface area (Å²) in [7, 11) is 0. The van der Waals surface area contributed by atoms with Crippen molar-refractivity contribution in [2.45, 2.75) is 39.0 Å². The summed E-state index contributed by atoms with van der Waals surface area (Å²) in [5, 5.41) is 0.732. The van der Waals surface area contributed by atoms with Crippen LogP contribution in [-0.2, 0) is 0 Å². The van der Waals surface area contributed by atoms with Crippen molar-refractivity contribution in [2.75, 3.05) is 26.2 Å². The standard InChI is InChI=1S/C23H27ClN4O2/c1-17-26-21-16-25-22(24)15-20(21)23(29)28(17)18-7-9-19(10-8-18)30-14-6-13-27-11-4-2-3-5-12-27/h7-10,15-16H,2-6,11-14H2,1H3. The van der Waals surface area contributed by atoms with Gasteiger partial charge in [-0.2, -0.15) is 0 Å². The molecule has 30 heavy (non-hydrogen) atoms. The summed E-state index contributed by atoms with van der Waals surface area (Å²) in [6.45, 7) is 6.02. The smallest absolute Gasteiger partial charge is 0.266 e. The lowest BCUT2D eigenvalue weighted by molar-refractivity contribution is 0.240. The van der Waals surface area contributed by atoms with E-state index in [0.29, 0.717) is 23.3 Å². The van der Waals surface area contributed by atoms with E-state index in [4.69, 9.17) is 16.3 Å². The minimum Gasteiger partial charge on any atom is -0.494 e. The van der Waals surface area contributed by atoms with Gasteiger partial charge in [-0.25, -0.2) is 9.97 Å². The second kappa shape index (κ2) is 9.58. The maximum atomic E-state index is 13.0. The topological polar surface area (TPSA) is 60.3 Å². The summed E-state index contributed by atoms with van der Waals surface area (Å²) >= 11 is 5.96. The molecule has 0 radical (unpaired) electrons. The van der Waals surface area contributed by atoms with Gasteiger partial charge < -0.3 is 9.64 Å². The lowest BCUT2D eigenvalue weighted by Gasteiger charge is -2.19. The summed E-state index contributed by atoms with van der Waals surface area (Å²) in [5.41, 5.74) is 1.13. The predicted octanol–water partition coefficient (Wildman–Crippen LogP) is 4.39. The lowest BCUT2D eigenvalue weighted by Crippen LogP contribution is -2.26. The largest absolute Gasteiger partial charge is 0.494 e. The molecule has 6 nitrogen and oxygen atoms in total. The van der Waals surface area contributed by atoms with Crippen LogP contribution in [0.15, 0.2) is 41.3 Å². The number of aromatic nitrogens is 3. The van der Waals surface area contributed by atoms with E-state index in [0.717, 1.165) is 24.4 Å². The van der Waals surface area contributed by atoms with Gasteiger partial charge in [0.1, 0.15) is 16.7 Å². The molecule has 3 heterocycles. The molecular weight excluding hydrogens is 400 g/mol. The van der Waals surface area contributed by atoms with Crippen LogP contribution in [0.2, 0.25) is 5.15 Å². The number of rotatable bonds is 6. The molecular formula is C23H27ClN4O2. The number of hydrogen-bond donors (Lipinski definition) is 0. The highest BCUT2D eigenvalue weighted by Gasteiger charge is 2.11. The van der Waals surface area contributed by atoms with Crippen LogP contribution in [0.1, 0.15) is 37.9 Å². The Balaban J connectivity index is 1.41. The number of halogens is 1. The van der Waals surface area contributed by atoms with Crippen LogP contribution in [0.3, 0.4) is 0 Å². The van der Waals surface area contributed by atoms with Crippen molar-refractivity contribution in [1.82, 2.24) is 19.4 Å². The van der Waals surface area contributed by atoms with Gasteiger partial charge in [-0.05, 0) is 69.6 Å². The zero-order chi connectivity index (χ0) is 20.9. The van der Waals surface area contributed by atoms with Crippen LogP contribution in [0.4, 0.5) is 0 Å². The molecule has 158 valence electrons. The average molecular weight is 427 g/mol. The van der Waals surface area contributed by atoms with Crippen LogP contribution < -0.4 is 10.3 Å². The van der Waals surface area contributed by atoms with Gasteiger partial charge in [0.2, 0.25) is 0 Å². The van der Waals surface area contributed by atoms with Gasteiger partial charge in [0.05, 0.1) is 29.4 Å². The summed E-state index contributed by atoms with van der Waals surface area (Å²) < 4.78 is 7.50. The molecule has 0 unspecified atom stereocenters. The van der Waals surface area contributed by atoms with E-state index in [1.54, 1.807) is 10.6 Å². The van der Waals surface area contributed by atoms with Crippen LogP contribution in [0.25, 0.3) is 16.6 Å². The van der Waals surface area contributed by atoms with Crippen LogP contribution in [0.5, 0.6) is 5.75 Å². The third-order valence-electron chi connectivity index (χ3n) is 5.57. The molecule has 0 amide bonds. The second-order valence-corrected chi connectivity index (χ2v) is 8.16. The van der Waals surface area contributed by atoms with Crippen molar-refractivity contribution in [3.8, 4) is 11.4 Å². The molecule has 2 aromatic heterocycles. The molecule has 0 atom stereocenters. The Morgan fingerprint density at radius 3 is 2.57 bits per heavy atom. The first-order valence-corrected chi connectivity index (χ1v) is 11.0. The first kappa shape index (κ1) is 20.8. The highest BCUT2D eigenvalue weighted by Crippen LogP contribution is 2.18. The molecule has 0 aliphatic carbocycles. The fraction of sp³-hybridized carbons (Fsp3) is 0.435. The van der Waals surface area contributed by atoms with Crippen molar-refractivity contribution in [3.05, 3.63) is 57.9 Å². The third kappa shape index (κ3) is 4.82. The molecule has 1 aliphatic heterocycles. The number of nitrogens with zero attached hydrogens (tertiary/aromatic N) is 4.